The first-order chi connectivity index (χ1) is 18.0. The lowest BCUT2D eigenvalue weighted by atomic mass is 9.93. The summed E-state index contributed by atoms with van der Waals surface area (Å²) in [6, 6.07) is 8.26. The molecule has 0 unspecified atom stereocenters. The van der Waals surface area contributed by atoms with Crippen molar-refractivity contribution >= 4 is 23.5 Å². The van der Waals surface area contributed by atoms with Gasteiger partial charge in [-0.15, -0.1) is 0 Å². The number of rotatable bonds is 14. The maximum Gasteiger partial charge on any atom is 0.269 e. The smallest absolute Gasteiger partial charge is 0.269 e. The first-order valence-electron chi connectivity index (χ1n) is 13.1. The average Bonchev–Trinajstić information content (AvgIpc) is 3.37. The molecular weight excluding hydrogens is 486 g/mol. The van der Waals surface area contributed by atoms with Gasteiger partial charge in [-0.2, -0.15) is 5.10 Å². The lowest BCUT2D eigenvalue weighted by Gasteiger charge is -2.27. The van der Waals surface area contributed by atoms with E-state index >= 15 is 0 Å². The van der Waals surface area contributed by atoms with Gasteiger partial charge in [-0.1, -0.05) is 58.0 Å². The highest BCUT2D eigenvalue weighted by Gasteiger charge is 2.50. The minimum Gasteiger partial charge on any atom is -0.361 e. The monoisotopic (exact) mass is 525 g/mol. The molecule has 1 fully saturated rings. The molecule has 38 heavy (non-hydrogen) atoms. The van der Waals surface area contributed by atoms with Crippen molar-refractivity contribution in [2.24, 2.45) is 11.8 Å². The van der Waals surface area contributed by atoms with Crippen molar-refractivity contribution in [3.05, 3.63) is 53.9 Å². The number of epoxide rings is 1. The number of nitrogens with zero attached hydrogens (tertiary/aromatic N) is 1. The SMILES string of the molecule is CC(C)C[C@H](NC(=O)c1ccn[nH]1)C(=O)N[C@@H](Cc1ccccc1)C(=O)N[C@@H](CC(C)C)C(=O)[C@@]1(C)CO1. The van der Waals surface area contributed by atoms with Crippen LogP contribution in [-0.2, 0) is 25.5 Å². The van der Waals surface area contributed by atoms with Gasteiger partial charge in [0.1, 0.15) is 23.4 Å². The molecule has 10 heteroatoms. The molecule has 4 N–H and O–H groups in total. The third-order valence-corrected chi connectivity index (χ3v) is 6.43. The van der Waals surface area contributed by atoms with Crippen LogP contribution in [0.25, 0.3) is 0 Å². The number of nitrogens with one attached hydrogen (secondary N) is 4. The molecule has 0 saturated carbocycles. The van der Waals surface area contributed by atoms with E-state index in [1.165, 1.54) is 12.3 Å². The summed E-state index contributed by atoms with van der Waals surface area (Å²) < 4.78 is 5.34. The Morgan fingerprint density at radius 3 is 2.03 bits per heavy atom. The van der Waals surface area contributed by atoms with Gasteiger partial charge in [-0.3, -0.25) is 24.3 Å². The highest BCUT2D eigenvalue weighted by atomic mass is 16.6. The topological polar surface area (TPSA) is 146 Å². The number of ether oxygens (including phenoxy) is 1. The Morgan fingerprint density at radius 1 is 0.895 bits per heavy atom. The molecule has 1 aromatic carbocycles. The second kappa shape index (κ2) is 12.8. The predicted octanol–water partition coefficient (Wildman–Crippen LogP) is 2.17. The molecule has 2 heterocycles. The van der Waals surface area contributed by atoms with Crippen LogP contribution < -0.4 is 16.0 Å². The van der Waals surface area contributed by atoms with Crippen LogP contribution in [0, 0.1) is 11.8 Å². The van der Waals surface area contributed by atoms with Gasteiger partial charge in [-0.05, 0) is 43.2 Å². The van der Waals surface area contributed by atoms with E-state index in [1.807, 2.05) is 58.0 Å². The van der Waals surface area contributed by atoms with E-state index in [4.69, 9.17) is 4.74 Å². The third kappa shape index (κ3) is 8.24. The molecule has 4 atom stereocenters. The van der Waals surface area contributed by atoms with Crippen molar-refractivity contribution in [3.63, 3.8) is 0 Å². The molecule has 1 aliphatic rings. The van der Waals surface area contributed by atoms with Crippen LogP contribution in [0.2, 0.25) is 0 Å². The predicted molar refractivity (Wildman–Crippen MR) is 142 cm³/mol. The molecule has 1 aliphatic heterocycles. The van der Waals surface area contributed by atoms with E-state index in [9.17, 15) is 19.2 Å². The normalized spacial score (nSPS) is 18.9. The van der Waals surface area contributed by atoms with Crippen LogP contribution in [0.3, 0.4) is 0 Å². The summed E-state index contributed by atoms with van der Waals surface area (Å²) in [5.41, 5.74) is 0.194. The molecule has 1 saturated heterocycles. The maximum atomic E-state index is 13.6. The van der Waals surface area contributed by atoms with Gasteiger partial charge >= 0.3 is 0 Å². The molecular formula is C28H39N5O5. The number of Topliss-reactive ketones (excluding diaryl/α,β-unsaturated/α-hetero) is 1. The number of benzene rings is 1. The van der Waals surface area contributed by atoms with E-state index in [1.54, 1.807) is 6.92 Å². The lowest BCUT2D eigenvalue weighted by Crippen LogP contribution is -2.57. The van der Waals surface area contributed by atoms with Crippen LogP contribution in [-0.4, -0.2) is 64.0 Å². The highest BCUT2D eigenvalue weighted by Crippen LogP contribution is 2.29. The van der Waals surface area contributed by atoms with Crippen molar-refractivity contribution in [1.82, 2.24) is 26.1 Å². The number of amides is 3. The fourth-order valence-corrected chi connectivity index (χ4v) is 4.25. The summed E-state index contributed by atoms with van der Waals surface area (Å²) in [7, 11) is 0. The Labute approximate surface area is 223 Å². The van der Waals surface area contributed by atoms with E-state index in [0.29, 0.717) is 19.4 Å². The first-order valence-corrected chi connectivity index (χ1v) is 13.1. The summed E-state index contributed by atoms with van der Waals surface area (Å²) in [6.07, 6.45) is 2.49. The number of aromatic amines is 1. The molecule has 3 rings (SSSR count). The van der Waals surface area contributed by atoms with Gasteiger partial charge in [0, 0.05) is 12.6 Å². The molecule has 0 aliphatic carbocycles. The van der Waals surface area contributed by atoms with Crippen molar-refractivity contribution in [2.45, 2.75) is 77.6 Å². The van der Waals surface area contributed by atoms with E-state index < -0.39 is 41.4 Å². The maximum absolute atomic E-state index is 13.6. The van der Waals surface area contributed by atoms with Crippen LogP contribution in [0.5, 0.6) is 0 Å². The molecule has 1 aromatic heterocycles. The van der Waals surface area contributed by atoms with Crippen LogP contribution in [0.4, 0.5) is 0 Å². The number of carbonyl (C=O) groups excluding carboxylic acids is 4. The summed E-state index contributed by atoms with van der Waals surface area (Å²) >= 11 is 0. The Morgan fingerprint density at radius 2 is 1.47 bits per heavy atom. The van der Waals surface area contributed by atoms with E-state index in [2.05, 4.69) is 26.1 Å². The fraction of sp³-hybridized carbons (Fsp3) is 0.536. The Hall–Kier alpha value is -3.53. The van der Waals surface area contributed by atoms with Crippen LogP contribution in [0.1, 0.15) is 63.5 Å². The minimum atomic E-state index is -0.959. The summed E-state index contributed by atoms with van der Waals surface area (Å²) in [4.78, 5) is 52.7. The van der Waals surface area contributed by atoms with Gasteiger partial charge in [0.25, 0.3) is 5.91 Å². The third-order valence-electron chi connectivity index (χ3n) is 6.43. The number of carbonyl (C=O) groups is 4. The van der Waals surface area contributed by atoms with E-state index in [-0.39, 0.29) is 29.7 Å². The molecule has 0 spiro atoms. The molecule has 10 nitrogen and oxygen atoms in total. The van der Waals surface area contributed by atoms with Gasteiger partial charge in [0.2, 0.25) is 11.8 Å². The quantitative estimate of drug-likeness (QED) is 0.278. The van der Waals surface area contributed by atoms with Gasteiger partial charge in [0.05, 0.1) is 12.6 Å². The number of hydrogen-bond donors (Lipinski definition) is 4. The zero-order valence-electron chi connectivity index (χ0n) is 22.7. The summed E-state index contributed by atoms with van der Waals surface area (Å²) in [5, 5.41) is 14.8. The van der Waals surface area contributed by atoms with Crippen molar-refractivity contribution in [1.29, 1.82) is 0 Å². The molecule has 3 amide bonds. The number of aromatic nitrogens is 2. The van der Waals surface area contributed by atoms with Gasteiger partial charge < -0.3 is 20.7 Å². The largest absolute Gasteiger partial charge is 0.361 e. The van der Waals surface area contributed by atoms with Crippen LogP contribution >= 0.6 is 0 Å². The number of ketones is 1. The zero-order valence-corrected chi connectivity index (χ0v) is 22.7. The number of H-pyrrole nitrogens is 1. The first kappa shape index (κ1) is 29.0. The second-order valence-electron chi connectivity index (χ2n) is 11.0. The summed E-state index contributed by atoms with van der Waals surface area (Å²) in [5.74, 6) is -1.33. The molecule has 2 aromatic rings. The lowest BCUT2D eigenvalue weighted by molar-refractivity contribution is -0.133. The van der Waals surface area contributed by atoms with Crippen LogP contribution in [0.15, 0.2) is 42.6 Å². The zero-order chi connectivity index (χ0) is 27.9. The van der Waals surface area contributed by atoms with Crippen molar-refractivity contribution in [3.8, 4) is 0 Å². The van der Waals surface area contributed by atoms with Gasteiger partial charge in [0.15, 0.2) is 5.78 Å². The summed E-state index contributed by atoms with van der Waals surface area (Å²) in [6.45, 7) is 9.89. The van der Waals surface area contributed by atoms with E-state index in [0.717, 1.165) is 5.56 Å². The average molecular weight is 526 g/mol. The Kier molecular flexibility index (Phi) is 9.79. The number of hydrogen-bond acceptors (Lipinski definition) is 6. The molecule has 0 bridgehead atoms. The minimum absolute atomic E-state index is 0.0987. The van der Waals surface area contributed by atoms with Gasteiger partial charge in [-0.25, -0.2) is 0 Å². The fourth-order valence-electron chi connectivity index (χ4n) is 4.25. The Bertz CT molecular complexity index is 1100. The van der Waals surface area contributed by atoms with Crippen molar-refractivity contribution < 1.29 is 23.9 Å². The Balaban J connectivity index is 1.80. The standard InChI is InChI=1S/C28H39N5O5/c1-17(2)13-21(24(34)28(5)16-38-28)30-27(37)23(15-19-9-7-6-8-10-19)32-26(36)22(14-18(3)4)31-25(35)20-11-12-29-33-20/h6-12,17-18,21-23H,13-16H2,1-5H3,(H,29,33)(H,30,37)(H,31,35)(H,32,36)/t21-,22-,23-,28+/m0/s1. The molecule has 206 valence electrons. The highest BCUT2D eigenvalue weighted by molar-refractivity contribution is 5.99. The van der Waals surface area contributed by atoms with Crippen molar-refractivity contribution in [2.75, 3.05) is 6.61 Å². The second-order valence-corrected chi connectivity index (χ2v) is 11.0. The molecule has 0 radical (unpaired) electrons.